The van der Waals surface area contributed by atoms with Crippen LogP contribution in [0.1, 0.15) is 43.0 Å². The molecule has 0 saturated carbocycles. The summed E-state index contributed by atoms with van der Waals surface area (Å²) in [7, 11) is 0. The van der Waals surface area contributed by atoms with Crippen LogP contribution in [0.2, 0.25) is 0 Å². The van der Waals surface area contributed by atoms with E-state index in [1.165, 1.54) is 5.56 Å². The van der Waals surface area contributed by atoms with Gasteiger partial charge in [-0.2, -0.15) is 13.2 Å². The number of hydrogen-bond acceptors (Lipinski definition) is 1. The molecule has 0 radical (unpaired) electrons. The lowest BCUT2D eigenvalue weighted by molar-refractivity contribution is -0.138. The summed E-state index contributed by atoms with van der Waals surface area (Å²) in [5.41, 5.74) is 8.40. The zero-order valence-corrected chi connectivity index (χ0v) is 10.1. The van der Waals surface area contributed by atoms with Crippen molar-refractivity contribution in [2.24, 2.45) is 5.73 Å². The maximum absolute atomic E-state index is 12.2. The number of benzene rings is 1. The van der Waals surface area contributed by atoms with Gasteiger partial charge in [0.2, 0.25) is 0 Å². The minimum atomic E-state index is -4.21. The van der Waals surface area contributed by atoms with Gasteiger partial charge >= 0.3 is 6.18 Å². The molecular formula is C13H18F3N. The molecule has 2 N–H and O–H groups in total. The first-order chi connectivity index (χ1) is 7.87. The van der Waals surface area contributed by atoms with Crippen molar-refractivity contribution in [3.8, 4) is 0 Å². The van der Waals surface area contributed by atoms with Crippen molar-refractivity contribution in [3.63, 3.8) is 0 Å². The summed E-state index contributed by atoms with van der Waals surface area (Å²) in [5, 5.41) is 0. The smallest absolute Gasteiger partial charge is 0.324 e. The first kappa shape index (κ1) is 14.0. The second-order valence-electron chi connectivity index (χ2n) is 4.16. The van der Waals surface area contributed by atoms with Crippen LogP contribution in [0.3, 0.4) is 0 Å². The van der Waals surface area contributed by atoms with Gasteiger partial charge in [0.25, 0.3) is 0 Å². The molecule has 0 spiro atoms. The minimum Gasteiger partial charge on any atom is -0.324 e. The van der Waals surface area contributed by atoms with Crippen molar-refractivity contribution in [1.29, 1.82) is 0 Å². The number of aryl methyl sites for hydroxylation is 2. The molecule has 1 rings (SSSR count). The highest BCUT2D eigenvalue weighted by Crippen LogP contribution is 2.28. The van der Waals surface area contributed by atoms with E-state index in [0.717, 1.165) is 18.4 Å². The molecule has 1 atom stereocenters. The number of rotatable bonds is 4. The SMILES string of the molecule is CCc1ccc(C(N)CC(F)(F)F)cc1CC. The van der Waals surface area contributed by atoms with Gasteiger partial charge in [0, 0.05) is 6.04 Å². The van der Waals surface area contributed by atoms with Crippen molar-refractivity contribution in [3.05, 3.63) is 34.9 Å². The first-order valence-electron chi connectivity index (χ1n) is 5.81. The van der Waals surface area contributed by atoms with E-state index in [1.807, 2.05) is 19.9 Å². The van der Waals surface area contributed by atoms with Crippen LogP contribution in [0.15, 0.2) is 18.2 Å². The average molecular weight is 245 g/mol. The molecule has 0 saturated heterocycles. The highest BCUT2D eigenvalue weighted by Gasteiger charge is 2.30. The third-order valence-electron chi connectivity index (χ3n) is 2.87. The summed E-state index contributed by atoms with van der Waals surface area (Å²) in [4.78, 5) is 0. The van der Waals surface area contributed by atoms with Gasteiger partial charge in [0.1, 0.15) is 0 Å². The Morgan fingerprint density at radius 1 is 1.12 bits per heavy atom. The Morgan fingerprint density at radius 3 is 2.18 bits per heavy atom. The van der Waals surface area contributed by atoms with Gasteiger partial charge in [-0.05, 0) is 29.5 Å². The van der Waals surface area contributed by atoms with Gasteiger partial charge < -0.3 is 5.73 Å². The van der Waals surface area contributed by atoms with Crippen molar-refractivity contribution in [1.82, 2.24) is 0 Å². The van der Waals surface area contributed by atoms with Crippen LogP contribution < -0.4 is 5.73 Å². The topological polar surface area (TPSA) is 26.0 Å². The van der Waals surface area contributed by atoms with Gasteiger partial charge in [-0.15, -0.1) is 0 Å². The Morgan fingerprint density at radius 2 is 1.71 bits per heavy atom. The lowest BCUT2D eigenvalue weighted by Crippen LogP contribution is -2.20. The monoisotopic (exact) mass is 245 g/mol. The Bertz CT molecular complexity index is 371. The lowest BCUT2D eigenvalue weighted by Gasteiger charge is -2.16. The number of hydrogen-bond donors (Lipinski definition) is 1. The zero-order chi connectivity index (χ0) is 13.1. The van der Waals surface area contributed by atoms with Gasteiger partial charge in [0.15, 0.2) is 0 Å². The van der Waals surface area contributed by atoms with E-state index in [-0.39, 0.29) is 0 Å². The van der Waals surface area contributed by atoms with E-state index >= 15 is 0 Å². The largest absolute Gasteiger partial charge is 0.390 e. The summed E-state index contributed by atoms with van der Waals surface area (Å²) in [6.07, 6.45) is -3.48. The van der Waals surface area contributed by atoms with Gasteiger partial charge in [-0.25, -0.2) is 0 Å². The summed E-state index contributed by atoms with van der Waals surface area (Å²) in [6.45, 7) is 4.03. The molecule has 96 valence electrons. The molecule has 1 aromatic rings. The Labute approximate surface area is 99.8 Å². The Kier molecular flexibility index (Phi) is 4.57. The lowest BCUT2D eigenvalue weighted by atomic mass is 9.96. The van der Waals surface area contributed by atoms with Crippen molar-refractivity contribution in [2.75, 3.05) is 0 Å². The highest BCUT2D eigenvalue weighted by molar-refractivity contribution is 5.33. The van der Waals surface area contributed by atoms with Crippen LogP contribution in [0.4, 0.5) is 13.2 Å². The predicted octanol–water partition coefficient (Wildman–Crippen LogP) is 3.76. The average Bonchev–Trinajstić information content (AvgIpc) is 2.25. The third kappa shape index (κ3) is 4.04. The van der Waals surface area contributed by atoms with Crippen LogP contribution in [-0.4, -0.2) is 6.18 Å². The van der Waals surface area contributed by atoms with Crippen molar-refractivity contribution in [2.45, 2.75) is 45.3 Å². The molecule has 0 aliphatic rings. The molecule has 1 nitrogen and oxygen atoms in total. The fraction of sp³-hybridized carbons (Fsp3) is 0.538. The minimum absolute atomic E-state index is 0.566. The molecule has 1 aromatic carbocycles. The molecule has 0 amide bonds. The number of alkyl halides is 3. The zero-order valence-electron chi connectivity index (χ0n) is 10.1. The molecule has 0 bridgehead atoms. The van der Waals surface area contributed by atoms with Crippen LogP contribution in [0, 0.1) is 0 Å². The second kappa shape index (κ2) is 5.54. The quantitative estimate of drug-likeness (QED) is 0.858. The summed E-state index contributed by atoms with van der Waals surface area (Å²) in [5.74, 6) is 0. The summed E-state index contributed by atoms with van der Waals surface area (Å²) >= 11 is 0. The van der Waals surface area contributed by atoms with Gasteiger partial charge in [-0.1, -0.05) is 32.0 Å². The fourth-order valence-electron chi connectivity index (χ4n) is 1.92. The highest BCUT2D eigenvalue weighted by atomic mass is 19.4. The molecule has 0 heterocycles. The Balaban J connectivity index is 2.92. The molecule has 0 fully saturated rings. The maximum atomic E-state index is 12.2. The van der Waals surface area contributed by atoms with E-state index in [4.69, 9.17) is 5.73 Å². The summed E-state index contributed by atoms with van der Waals surface area (Å²) in [6, 6.07) is 4.42. The van der Waals surface area contributed by atoms with Crippen LogP contribution >= 0.6 is 0 Å². The molecule has 0 aliphatic heterocycles. The van der Waals surface area contributed by atoms with Crippen molar-refractivity contribution >= 4 is 0 Å². The third-order valence-corrected chi connectivity index (χ3v) is 2.87. The first-order valence-corrected chi connectivity index (χ1v) is 5.81. The van der Waals surface area contributed by atoms with E-state index in [1.54, 1.807) is 12.1 Å². The van der Waals surface area contributed by atoms with Gasteiger partial charge in [0.05, 0.1) is 6.42 Å². The molecule has 4 heteroatoms. The second-order valence-corrected chi connectivity index (χ2v) is 4.16. The molecule has 17 heavy (non-hydrogen) atoms. The van der Waals surface area contributed by atoms with Crippen LogP contribution in [-0.2, 0) is 12.8 Å². The predicted molar refractivity (Wildman–Crippen MR) is 62.8 cm³/mol. The van der Waals surface area contributed by atoms with E-state index in [0.29, 0.717) is 5.56 Å². The number of nitrogens with two attached hydrogens (primary N) is 1. The van der Waals surface area contributed by atoms with E-state index in [9.17, 15) is 13.2 Å². The van der Waals surface area contributed by atoms with Crippen LogP contribution in [0.25, 0.3) is 0 Å². The molecule has 0 aliphatic carbocycles. The molecule has 1 unspecified atom stereocenters. The molecular weight excluding hydrogens is 227 g/mol. The van der Waals surface area contributed by atoms with Crippen molar-refractivity contribution < 1.29 is 13.2 Å². The maximum Gasteiger partial charge on any atom is 0.390 e. The molecule has 0 aromatic heterocycles. The normalized spacial score (nSPS) is 13.8. The van der Waals surface area contributed by atoms with E-state index in [2.05, 4.69) is 0 Å². The summed E-state index contributed by atoms with van der Waals surface area (Å²) < 4.78 is 36.7. The fourth-order valence-corrected chi connectivity index (χ4v) is 1.92. The van der Waals surface area contributed by atoms with E-state index < -0.39 is 18.6 Å². The Hall–Kier alpha value is -1.03. The number of halogens is 3. The standard InChI is InChI=1S/C13H18F3N/c1-3-9-5-6-11(7-10(9)4-2)12(17)8-13(14,15)16/h5-7,12H,3-4,8,17H2,1-2H3. The van der Waals surface area contributed by atoms with Gasteiger partial charge in [-0.3, -0.25) is 0 Å². The van der Waals surface area contributed by atoms with Crippen LogP contribution in [0.5, 0.6) is 0 Å².